The van der Waals surface area contributed by atoms with Crippen molar-refractivity contribution in [2.24, 2.45) is 13.0 Å². The van der Waals surface area contributed by atoms with E-state index in [1.54, 1.807) is 42.1 Å². The second-order valence-electron chi connectivity index (χ2n) is 4.51. The lowest BCUT2D eigenvalue weighted by Crippen LogP contribution is -2.34. The van der Waals surface area contributed by atoms with E-state index in [0.29, 0.717) is 17.0 Å². The summed E-state index contributed by atoms with van der Waals surface area (Å²) < 4.78 is 7.16. The Morgan fingerprint density at radius 1 is 1.42 bits per heavy atom. The molecular weight excluding hydrogens is 244 g/mol. The molecule has 0 fully saturated rings. The summed E-state index contributed by atoms with van der Waals surface area (Å²) in [5.41, 5.74) is 0.756. The number of para-hydroxylation sites is 1. The molecule has 96 valence electrons. The van der Waals surface area contributed by atoms with Crippen molar-refractivity contribution < 1.29 is 14.3 Å². The van der Waals surface area contributed by atoms with E-state index < -0.39 is 5.92 Å². The number of carbonyl (C=O) groups excluding carboxylic acids is 2. The van der Waals surface area contributed by atoms with Crippen molar-refractivity contribution in [2.45, 2.75) is 0 Å². The quantitative estimate of drug-likeness (QED) is 0.603. The molecule has 1 unspecified atom stereocenters. The molecule has 1 atom stereocenters. The normalized spacial score (nSPS) is 17.7. The average Bonchev–Trinajstić information content (AvgIpc) is 2.85. The van der Waals surface area contributed by atoms with E-state index in [0.717, 1.165) is 0 Å². The number of ketones is 2. The Morgan fingerprint density at radius 3 is 2.95 bits per heavy atom. The predicted octanol–water partition coefficient (Wildman–Crippen LogP) is 1.49. The van der Waals surface area contributed by atoms with E-state index in [1.165, 1.54) is 6.33 Å². The predicted molar refractivity (Wildman–Crippen MR) is 67.3 cm³/mol. The van der Waals surface area contributed by atoms with Crippen molar-refractivity contribution in [3.63, 3.8) is 0 Å². The van der Waals surface area contributed by atoms with E-state index in [-0.39, 0.29) is 18.2 Å². The number of carbonyl (C=O) groups is 2. The van der Waals surface area contributed by atoms with Crippen LogP contribution in [0, 0.1) is 5.92 Å². The number of hydrogen-bond acceptors (Lipinski definition) is 4. The number of nitrogens with zero attached hydrogens (tertiary/aromatic N) is 2. The summed E-state index contributed by atoms with van der Waals surface area (Å²) in [7, 11) is 1.78. The highest BCUT2D eigenvalue weighted by Gasteiger charge is 2.35. The molecule has 1 aromatic carbocycles. The van der Waals surface area contributed by atoms with Crippen LogP contribution < -0.4 is 4.74 Å². The highest BCUT2D eigenvalue weighted by atomic mass is 16.5. The number of imidazole rings is 1. The van der Waals surface area contributed by atoms with Crippen LogP contribution in [-0.2, 0) is 7.05 Å². The molecule has 1 aromatic heterocycles. The van der Waals surface area contributed by atoms with Crippen LogP contribution in [0.15, 0.2) is 36.8 Å². The van der Waals surface area contributed by atoms with Gasteiger partial charge in [-0.15, -0.1) is 0 Å². The molecule has 0 saturated carbocycles. The number of ether oxygens (including phenoxy) is 1. The average molecular weight is 256 g/mol. The molecule has 1 aliphatic rings. The van der Waals surface area contributed by atoms with Crippen molar-refractivity contribution in [1.82, 2.24) is 9.55 Å². The number of benzene rings is 1. The zero-order chi connectivity index (χ0) is 13.4. The van der Waals surface area contributed by atoms with Crippen LogP contribution in [0.4, 0.5) is 0 Å². The molecule has 0 N–H and O–H groups in total. The van der Waals surface area contributed by atoms with Crippen LogP contribution >= 0.6 is 0 Å². The molecule has 5 nitrogen and oxygen atoms in total. The fourth-order valence-corrected chi connectivity index (χ4v) is 2.15. The summed E-state index contributed by atoms with van der Waals surface area (Å²) in [5.74, 6) is -0.750. The maximum absolute atomic E-state index is 12.3. The van der Waals surface area contributed by atoms with E-state index in [4.69, 9.17) is 4.74 Å². The highest BCUT2D eigenvalue weighted by molar-refractivity contribution is 6.17. The van der Waals surface area contributed by atoms with Gasteiger partial charge in [0.15, 0.2) is 11.6 Å². The van der Waals surface area contributed by atoms with Gasteiger partial charge in [-0.25, -0.2) is 4.98 Å². The zero-order valence-corrected chi connectivity index (χ0v) is 10.4. The molecule has 0 aliphatic carbocycles. The second-order valence-corrected chi connectivity index (χ2v) is 4.51. The Kier molecular flexibility index (Phi) is 2.67. The number of fused-ring (bicyclic) bond motifs is 1. The highest BCUT2D eigenvalue weighted by Crippen LogP contribution is 2.28. The first kappa shape index (κ1) is 11.6. The van der Waals surface area contributed by atoms with E-state index in [2.05, 4.69) is 4.98 Å². The number of rotatable bonds is 2. The standard InChI is InChI=1S/C14H12N2O3/c1-16-6-11(15-8-16)14(18)10-7-19-12-5-3-2-4-9(12)13(10)17/h2-6,8,10H,7H2,1H3. The van der Waals surface area contributed by atoms with Crippen LogP contribution in [0.2, 0.25) is 0 Å². The molecule has 3 rings (SSSR count). The summed E-state index contributed by atoms with van der Waals surface area (Å²) >= 11 is 0. The molecule has 2 heterocycles. The Hall–Kier alpha value is -2.43. The molecule has 0 amide bonds. The van der Waals surface area contributed by atoms with Crippen LogP contribution in [0.5, 0.6) is 5.75 Å². The summed E-state index contributed by atoms with van der Waals surface area (Å²) in [5, 5.41) is 0. The third kappa shape index (κ3) is 1.93. The van der Waals surface area contributed by atoms with Gasteiger partial charge < -0.3 is 9.30 Å². The van der Waals surface area contributed by atoms with Crippen molar-refractivity contribution in [1.29, 1.82) is 0 Å². The summed E-state index contributed by atoms with van der Waals surface area (Å²) in [6, 6.07) is 6.96. The molecule has 19 heavy (non-hydrogen) atoms. The third-order valence-corrected chi connectivity index (χ3v) is 3.15. The number of aromatic nitrogens is 2. The minimum atomic E-state index is -0.801. The largest absolute Gasteiger partial charge is 0.492 e. The van der Waals surface area contributed by atoms with Gasteiger partial charge in [-0.1, -0.05) is 12.1 Å². The Balaban J connectivity index is 1.92. The van der Waals surface area contributed by atoms with Gasteiger partial charge in [0.1, 0.15) is 24.0 Å². The van der Waals surface area contributed by atoms with Gasteiger partial charge in [0.2, 0.25) is 0 Å². The number of Topliss-reactive ketones (excluding diaryl/α,β-unsaturated/α-hetero) is 2. The molecule has 0 radical (unpaired) electrons. The van der Waals surface area contributed by atoms with Gasteiger partial charge in [-0.2, -0.15) is 0 Å². The Bertz CT molecular complexity index is 660. The van der Waals surface area contributed by atoms with E-state index >= 15 is 0 Å². The first-order valence-corrected chi connectivity index (χ1v) is 5.95. The van der Waals surface area contributed by atoms with Crippen LogP contribution in [-0.4, -0.2) is 27.7 Å². The SMILES string of the molecule is Cn1cnc(C(=O)C2COc3ccccc3C2=O)c1. The monoisotopic (exact) mass is 256 g/mol. The van der Waals surface area contributed by atoms with Gasteiger partial charge >= 0.3 is 0 Å². The van der Waals surface area contributed by atoms with Gasteiger partial charge in [0.25, 0.3) is 0 Å². The van der Waals surface area contributed by atoms with E-state index in [1.807, 2.05) is 0 Å². The fraction of sp³-hybridized carbons (Fsp3) is 0.214. The van der Waals surface area contributed by atoms with Crippen LogP contribution in [0.1, 0.15) is 20.8 Å². The summed E-state index contributed by atoms with van der Waals surface area (Å²) in [4.78, 5) is 28.5. The second kappa shape index (κ2) is 4.35. The summed E-state index contributed by atoms with van der Waals surface area (Å²) in [6.07, 6.45) is 3.14. The van der Waals surface area contributed by atoms with Crippen molar-refractivity contribution >= 4 is 11.6 Å². The lowest BCUT2D eigenvalue weighted by Gasteiger charge is -2.22. The van der Waals surface area contributed by atoms with Gasteiger partial charge in [0.05, 0.1) is 11.9 Å². The maximum atomic E-state index is 12.3. The van der Waals surface area contributed by atoms with E-state index in [9.17, 15) is 9.59 Å². The molecule has 0 saturated heterocycles. The number of hydrogen-bond donors (Lipinski definition) is 0. The maximum Gasteiger partial charge on any atom is 0.197 e. The first-order chi connectivity index (χ1) is 9.16. The number of aryl methyl sites for hydroxylation is 1. The molecular formula is C14H12N2O3. The third-order valence-electron chi connectivity index (χ3n) is 3.15. The smallest absolute Gasteiger partial charge is 0.197 e. The topological polar surface area (TPSA) is 61.2 Å². The minimum absolute atomic E-state index is 0.0747. The van der Waals surface area contributed by atoms with Gasteiger partial charge in [-0.05, 0) is 12.1 Å². The molecule has 5 heteroatoms. The fourth-order valence-electron chi connectivity index (χ4n) is 2.15. The molecule has 0 spiro atoms. The summed E-state index contributed by atoms with van der Waals surface area (Å²) in [6.45, 7) is 0.0747. The zero-order valence-electron chi connectivity index (χ0n) is 10.4. The molecule has 0 bridgehead atoms. The first-order valence-electron chi connectivity index (χ1n) is 5.95. The lowest BCUT2D eigenvalue weighted by atomic mass is 9.90. The van der Waals surface area contributed by atoms with Gasteiger partial charge in [-0.3, -0.25) is 9.59 Å². The Labute approximate surface area is 109 Å². The van der Waals surface area contributed by atoms with Crippen molar-refractivity contribution in [3.05, 3.63) is 48.0 Å². The lowest BCUT2D eigenvalue weighted by molar-refractivity contribution is 0.0720. The Morgan fingerprint density at radius 2 is 2.21 bits per heavy atom. The van der Waals surface area contributed by atoms with Crippen molar-refractivity contribution in [3.8, 4) is 5.75 Å². The van der Waals surface area contributed by atoms with Gasteiger partial charge in [0, 0.05) is 13.2 Å². The van der Waals surface area contributed by atoms with Crippen LogP contribution in [0.25, 0.3) is 0 Å². The minimum Gasteiger partial charge on any atom is -0.492 e. The molecule has 1 aliphatic heterocycles. The van der Waals surface area contributed by atoms with Crippen LogP contribution in [0.3, 0.4) is 0 Å². The van der Waals surface area contributed by atoms with Crippen molar-refractivity contribution in [2.75, 3.05) is 6.61 Å². The molecule has 2 aromatic rings.